The molecular formula is C19H21N3O3S. The second-order valence-electron chi connectivity index (χ2n) is 6.13. The van der Waals surface area contributed by atoms with Crippen molar-refractivity contribution in [2.75, 3.05) is 31.5 Å². The van der Waals surface area contributed by atoms with Gasteiger partial charge in [-0.1, -0.05) is 18.2 Å². The molecule has 0 spiro atoms. The van der Waals surface area contributed by atoms with Crippen LogP contribution in [0.3, 0.4) is 0 Å². The van der Waals surface area contributed by atoms with Crippen molar-refractivity contribution < 1.29 is 14.4 Å². The Kier molecular flexibility index (Phi) is 5.68. The molecule has 2 heterocycles. The van der Waals surface area contributed by atoms with Crippen LogP contribution in [0.1, 0.15) is 33.4 Å². The smallest absolute Gasteiger partial charge is 0.265 e. The number of nitrogens with one attached hydrogen (secondary N) is 1. The molecule has 0 aliphatic carbocycles. The van der Waals surface area contributed by atoms with Crippen LogP contribution in [0.15, 0.2) is 41.8 Å². The van der Waals surface area contributed by atoms with Crippen LogP contribution >= 0.6 is 11.3 Å². The van der Waals surface area contributed by atoms with Gasteiger partial charge in [0.1, 0.15) is 0 Å². The average molecular weight is 371 g/mol. The summed E-state index contributed by atoms with van der Waals surface area (Å²) in [7, 11) is 0. The van der Waals surface area contributed by atoms with E-state index >= 15 is 0 Å². The maximum absolute atomic E-state index is 13.0. The summed E-state index contributed by atoms with van der Waals surface area (Å²) in [5, 5.41) is 4.67. The van der Waals surface area contributed by atoms with Gasteiger partial charge in [-0.05, 0) is 30.0 Å². The molecule has 7 heteroatoms. The lowest BCUT2D eigenvalue weighted by Crippen LogP contribution is -2.36. The molecule has 0 bridgehead atoms. The molecular weight excluding hydrogens is 350 g/mol. The number of anilines is 1. The number of para-hydroxylation sites is 1. The number of rotatable bonds is 3. The van der Waals surface area contributed by atoms with Crippen molar-refractivity contribution in [3.63, 3.8) is 0 Å². The molecule has 0 radical (unpaired) electrons. The van der Waals surface area contributed by atoms with Gasteiger partial charge < -0.3 is 15.1 Å². The Bertz CT molecular complexity index is 804. The lowest BCUT2D eigenvalue weighted by atomic mass is 10.1. The van der Waals surface area contributed by atoms with Crippen LogP contribution in [0.5, 0.6) is 0 Å². The Morgan fingerprint density at radius 3 is 2.42 bits per heavy atom. The second-order valence-corrected chi connectivity index (χ2v) is 7.08. The van der Waals surface area contributed by atoms with Gasteiger partial charge in [0.2, 0.25) is 5.91 Å². The minimum absolute atomic E-state index is 0.0305. The highest BCUT2D eigenvalue weighted by atomic mass is 32.1. The summed E-state index contributed by atoms with van der Waals surface area (Å²) in [5.41, 5.74) is 0.970. The van der Waals surface area contributed by atoms with Gasteiger partial charge in [0, 0.05) is 33.1 Å². The first-order valence-electron chi connectivity index (χ1n) is 8.55. The van der Waals surface area contributed by atoms with Crippen molar-refractivity contribution in [1.29, 1.82) is 0 Å². The first kappa shape index (κ1) is 18.1. The van der Waals surface area contributed by atoms with E-state index in [2.05, 4.69) is 5.32 Å². The summed E-state index contributed by atoms with van der Waals surface area (Å²) in [6.45, 7) is 3.83. The third kappa shape index (κ3) is 4.11. The zero-order chi connectivity index (χ0) is 18.5. The lowest BCUT2D eigenvalue weighted by molar-refractivity contribution is -0.128. The lowest BCUT2D eigenvalue weighted by Gasteiger charge is -2.22. The monoisotopic (exact) mass is 371 g/mol. The molecule has 3 amide bonds. The van der Waals surface area contributed by atoms with E-state index in [-0.39, 0.29) is 17.7 Å². The maximum atomic E-state index is 13.0. The van der Waals surface area contributed by atoms with E-state index in [1.165, 1.54) is 11.3 Å². The highest BCUT2D eigenvalue weighted by molar-refractivity contribution is 7.12. The predicted molar refractivity (Wildman–Crippen MR) is 101 cm³/mol. The van der Waals surface area contributed by atoms with Crippen molar-refractivity contribution in [1.82, 2.24) is 9.80 Å². The molecule has 1 aliphatic heterocycles. The average Bonchev–Trinajstić information content (AvgIpc) is 3.06. The van der Waals surface area contributed by atoms with Crippen molar-refractivity contribution in [2.24, 2.45) is 0 Å². The van der Waals surface area contributed by atoms with Gasteiger partial charge >= 0.3 is 0 Å². The fourth-order valence-electron chi connectivity index (χ4n) is 2.98. The summed E-state index contributed by atoms with van der Waals surface area (Å²) >= 11 is 1.35. The predicted octanol–water partition coefficient (Wildman–Crippen LogP) is 2.69. The Labute approximate surface area is 156 Å². The summed E-state index contributed by atoms with van der Waals surface area (Å²) in [6, 6.07) is 10.6. The Hall–Kier alpha value is -2.67. The standard InChI is InChI=1S/C19H21N3O3S/c1-14(23)21-9-5-10-22(12-11-21)19(25)15-6-2-3-7-16(15)20-18(24)17-8-4-13-26-17/h2-4,6-8,13H,5,9-12H2,1H3,(H,20,24). The first-order chi connectivity index (χ1) is 12.6. The molecule has 0 unspecified atom stereocenters. The molecule has 1 aliphatic rings. The van der Waals surface area contributed by atoms with Gasteiger partial charge in [0.15, 0.2) is 0 Å². The molecule has 0 atom stereocenters. The highest BCUT2D eigenvalue weighted by Gasteiger charge is 2.23. The molecule has 1 aromatic heterocycles. The number of carbonyl (C=O) groups excluding carboxylic acids is 3. The Morgan fingerprint density at radius 1 is 0.962 bits per heavy atom. The van der Waals surface area contributed by atoms with Crippen molar-refractivity contribution in [3.05, 3.63) is 52.2 Å². The van der Waals surface area contributed by atoms with Crippen LogP contribution in [0.25, 0.3) is 0 Å². The van der Waals surface area contributed by atoms with Crippen LogP contribution in [0.4, 0.5) is 5.69 Å². The molecule has 1 saturated heterocycles. The fourth-order valence-corrected chi connectivity index (χ4v) is 3.60. The van der Waals surface area contributed by atoms with E-state index in [0.717, 1.165) is 6.42 Å². The molecule has 3 rings (SSSR count). The van der Waals surface area contributed by atoms with Crippen molar-refractivity contribution in [3.8, 4) is 0 Å². The number of carbonyl (C=O) groups is 3. The van der Waals surface area contributed by atoms with Gasteiger partial charge in [-0.2, -0.15) is 0 Å². The number of thiophene rings is 1. The third-order valence-electron chi connectivity index (χ3n) is 4.38. The van der Waals surface area contributed by atoms with Gasteiger partial charge in [0.05, 0.1) is 16.1 Å². The zero-order valence-corrected chi connectivity index (χ0v) is 15.4. The van der Waals surface area contributed by atoms with E-state index in [9.17, 15) is 14.4 Å². The summed E-state index contributed by atoms with van der Waals surface area (Å²) in [4.78, 5) is 41.0. The van der Waals surface area contributed by atoms with Crippen LogP contribution in [-0.2, 0) is 4.79 Å². The van der Waals surface area contributed by atoms with E-state index in [1.807, 2.05) is 11.4 Å². The fraction of sp³-hybridized carbons (Fsp3) is 0.316. The van der Waals surface area contributed by atoms with Gasteiger partial charge in [0.25, 0.3) is 11.8 Å². The molecule has 1 aromatic carbocycles. The van der Waals surface area contributed by atoms with E-state index in [4.69, 9.17) is 0 Å². The summed E-state index contributed by atoms with van der Waals surface area (Å²) in [6.07, 6.45) is 0.745. The van der Waals surface area contributed by atoms with Crippen LogP contribution in [0.2, 0.25) is 0 Å². The number of hydrogen-bond acceptors (Lipinski definition) is 4. The Morgan fingerprint density at radius 2 is 1.69 bits per heavy atom. The summed E-state index contributed by atoms with van der Waals surface area (Å²) < 4.78 is 0. The molecule has 1 fully saturated rings. The maximum Gasteiger partial charge on any atom is 0.265 e. The third-order valence-corrected chi connectivity index (χ3v) is 5.25. The zero-order valence-electron chi connectivity index (χ0n) is 14.6. The number of amides is 3. The number of hydrogen-bond donors (Lipinski definition) is 1. The molecule has 1 N–H and O–H groups in total. The quantitative estimate of drug-likeness (QED) is 0.902. The number of benzene rings is 1. The van der Waals surface area contributed by atoms with E-state index < -0.39 is 0 Å². The van der Waals surface area contributed by atoms with E-state index in [0.29, 0.717) is 42.3 Å². The van der Waals surface area contributed by atoms with Crippen LogP contribution in [-0.4, -0.2) is 53.7 Å². The topological polar surface area (TPSA) is 69.7 Å². The summed E-state index contributed by atoms with van der Waals surface area (Å²) in [5.74, 6) is -0.320. The van der Waals surface area contributed by atoms with Gasteiger partial charge in [-0.25, -0.2) is 0 Å². The van der Waals surface area contributed by atoms with Gasteiger partial charge in [-0.3, -0.25) is 14.4 Å². The molecule has 6 nitrogen and oxygen atoms in total. The Balaban J connectivity index is 1.75. The second kappa shape index (κ2) is 8.14. The molecule has 0 saturated carbocycles. The SMILES string of the molecule is CC(=O)N1CCCN(C(=O)c2ccccc2NC(=O)c2cccs2)CC1. The van der Waals surface area contributed by atoms with Crippen LogP contribution in [0, 0.1) is 0 Å². The minimum atomic E-state index is -0.223. The largest absolute Gasteiger partial charge is 0.341 e. The minimum Gasteiger partial charge on any atom is -0.341 e. The molecule has 2 aromatic rings. The number of nitrogens with zero attached hydrogens (tertiary/aromatic N) is 2. The van der Waals surface area contributed by atoms with Gasteiger partial charge in [-0.15, -0.1) is 11.3 Å². The first-order valence-corrected chi connectivity index (χ1v) is 9.43. The van der Waals surface area contributed by atoms with Crippen molar-refractivity contribution >= 4 is 34.7 Å². The normalized spacial score (nSPS) is 14.7. The molecule has 26 heavy (non-hydrogen) atoms. The van der Waals surface area contributed by atoms with E-state index in [1.54, 1.807) is 47.1 Å². The van der Waals surface area contributed by atoms with Crippen molar-refractivity contribution in [2.45, 2.75) is 13.3 Å². The highest BCUT2D eigenvalue weighted by Crippen LogP contribution is 2.20. The van der Waals surface area contributed by atoms with Crippen LogP contribution < -0.4 is 5.32 Å². The molecule has 136 valence electrons.